The number of aromatic nitrogens is 4. The minimum Gasteiger partial charge on any atom is -0.462 e. The standard InChI is InChI=1S/C24H33FN7O7P/c1-13(2)37-23(34)14(3)30-40(35,39-15-9-7-6-8-10-15)36-11-16-19(33)17(25)22(38-16)32-12-27-18-20(31(4)5)28-24(26)29-21(18)32/h6-10,12-14,16-17,19,22,33H,11H2,1-5H3,(H,30,35)(H2,26,28,29)/t14-,16+,17+,19?,22+,40-/m0/s1. The van der Waals surface area contributed by atoms with Crippen LogP contribution in [-0.4, -0.2) is 81.8 Å². The fourth-order valence-electron chi connectivity index (χ4n) is 3.99. The molecule has 1 aliphatic rings. The van der Waals surface area contributed by atoms with Gasteiger partial charge in [0.2, 0.25) is 5.95 Å². The van der Waals surface area contributed by atoms with Gasteiger partial charge in [0.1, 0.15) is 24.0 Å². The average molecular weight is 582 g/mol. The van der Waals surface area contributed by atoms with E-state index in [2.05, 4.69) is 20.0 Å². The molecular formula is C24H33FN7O7P. The first-order valence-electron chi connectivity index (χ1n) is 12.5. The Bertz CT molecular complexity index is 1380. The van der Waals surface area contributed by atoms with Crippen LogP contribution in [0.2, 0.25) is 0 Å². The van der Waals surface area contributed by atoms with Gasteiger partial charge in [-0.05, 0) is 32.9 Å². The van der Waals surface area contributed by atoms with Crippen LogP contribution in [0.3, 0.4) is 0 Å². The molecule has 14 nitrogen and oxygen atoms in total. The summed E-state index contributed by atoms with van der Waals surface area (Å²) in [6.07, 6.45) is -5.29. The van der Waals surface area contributed by atoms with Crippen molar-refractivity contribution in [3.8, 4) is 5.75 Å². The van der Waals surface area contributed by atoms with Gasteiger partial charge in [-0.3, -0.25) is 13.9 Å². The number of benzene rings is 1. The predicted octanol–water partition coefficient (Wildman–Crippen LogP) is 2.20. The maximum Gasteiger partial charge on any atom is 0.459 e. The van der Waals surface area contributed by atoms with E-state index >= 15 is 4.39 Å². The summed E-state index contributed by atoms with van der Waals surface area (Å²) in [5, 5.41) is 13.2. The molecule has 1 aromatic carbocycles. The van der Waals surface area contributed by atoms with Crippen molar-refractivity contribution in [2.45, 2.75) is 57.5 Å². The van der Waals surface area contributed by atoms with E-state index in [1.165, 1.54) is 17.8 Å². The van der Waals surface area contributed by atoms with Gasteiger partial charge in [0.15, 0.2) is 29.4 Å². The predicted molar refractivity (Wildman–Crippen MR) is 143 cm³/mol. The van der Waals surface area contributed by atoms with Gasteiger partial charge in [0.25, 0.3) is 0 Å². The number of imidazole rings is 1. The number of ether oxygens (including phenoxy) is 2. The number of rotatable bonds is 11. The third-order valence-corrected chi connectivity index (χ3v) is 7.49. The molecule has 0 spiro atoms. The Morgan fingerprint density at radius 3 is 2.62 bits per heavy atom. The van der Waals surface area contributed by atoms with Crippen LogP contribution in [0, 0.1) is 0 Å². The van der Waals surface area contributed by atoms with E-state index in [9.17, 15) is 14.5 Å². The Hall–Kier alpha value is -3.36. The second-order valence-corrected chi connectivity index (χ2v) is 11.4. The van der Waals surface area contributed by atoms with Crippen LogP contribution in [0.5, 0.6) is 5.75 Å². The fourth-order valence-corrected chi connectivity index (χ4v) is 5.49. The van der Waals surface area contributed by atoms with Crippen molar-refractivity contribution in [2.75, 3.05) is 31.3 Å². The Kier molecular flexibility index (Phi) is 8.90. The minimum absolute atomic E-state index is 0.0537. The highest BCUT2D eigenvalue weighted by Crippen LogP contribution is 2.46. The molecule has 0 saturated carbocycles. The van der Waals surface area contributed by atoms with E-state index in [1.54, 1.807) is 63.2 Å². The number of hydrogen-bond donors (Lipinski definition) is 3. The van der Waals surface area contributed by atoms with Crippen molar-refractivity contribution in [1.29, 1.82) is 0 Å². The molecule has 6 atom stereocenters. The first-order valence-corrected chi connectivity index (χ1v) is 14.0. The lowest BCUT2D eigenvalue weighted by Crippen LogP contribution is -2.37. The molecular weight excluding hydrogens is 548 g/mol. The highest BCUT2D eigenvalue weighted by Gasteiger charge is 2.47. The molecule has 0 bridgehead atoms. The monoisotopic (exact) mass is 581 g/mol. The summed E-state index contributed by atoms with van der Waals surface area (Å²) in [6, 6.07) is 7.06. The number of aliphatic hydroxyl groups excluding tert-OH is 1. The minimum atomic E-state index is -4.26. The number of hydrogen-bond acceptors (Lipinski definition) is 12. The first kappa shape index (κ1) is 29.6. The van der Waals surface area contributed by atoms with Gasteiger partial charge < -0.3 is 29.7 Å². The Labute approximate surface area is 230 Å². The van der Waals surface area contributed by atoms with E-state index < -0.39 is 57.1 Å². The van der Waals surface area contributed by atoms with Gasteiger partial charge in [0.05, 0.1) is 19.0 Å². The van der Waals surface area contributed by atoms with Crippen molar-refractivity contribution in [2.24, 2.45) is 0 Å². The van der Waals surface area contributed by atoms with E-state index in [1.807, 2.05) is 0 Å². The second-order valence-electron chi connectivity index (χ2n) is 9.66. The zero-order valence-electron chi connectivity index (χ0n) is 22.7. The normalized spacial score (nSPS) is 23.2. The molecule has 40 heavy (non-hydrogen) atoms. The SMILES string of the molecule is CC(C)OC(=O)[C@H](C)N[P@](=O)(OC[C@H]1O[C@@H](n2cnc3c(N(C)C)nc(N)nc32)[C@H](F)C1O)Oc1ccccc1. The Morgan fingerprint density at radius 1 is 1.27 bits per heavy atom. The van der Waals surface area contributed by atoms with Crippen LogP contribution in [0.15, 0.2) is 36.7 Å². The fraction of sp³-hybridized carbons (Fsp3) is 0.500. The zero-order valence-corrected chi connectivity index (χ0v) is 23.6. The van der Waals surface area contributed by atoms with E-state index in [-0.39, 0.29) is 17.3 Å². The van der Waals surface area contributed by atoms with Crippen molar-refractivity contribution < 1.29 is 37.4 Å². The molecule has 1 aliphatic heterocycles. The third kappa shape index (κ3) is 6.50. The number of carbonyl (C=O) groups is 1. The summed E-state index contributed by atoms with van der Waals surface area (Å²) < 4.78 is 52.5. The number of aliphatic hydroxyl groups is 1. The lowest BCUT2D eigenvalue weighted by atomic mass is 10.1. The van der Waals surface area contributed by atoms with Gasteiger partial charge in [-0.25, -0.2) is 13.9 Å². The van der Waals surface area contributed by atoms with Crippen LogP contribution in [-0.2, 0) is 23.4 Å². The number of halogens is 1. The number of nitrogens with two attached hydrogens (primary N) is 1. The lowest BCUT2D eigenvalue weighted by molar-refractivity contribution is -0.149. The second kappa shape index (κ2) is 12.0. The quantitative estimate of drug-likeness (QED) is 0.222. The van der Waals surface area contributed by atoms with Crippen molar-refractivity contribution in [3.05, 3.63) is 36.7 Å². The van der Waals surface area contributed by atoms with Crippen molar-refractivity contribution >= 4 is 36.6 Å². The average Bonchev–Trinajstić information content (AvgIpc) is 3.42. The molecule has 4 rings (SSSR count). The topological polar surface area (TPSA) is 176 Å². The summed E-state index contributed by atoms with van der Waals surface area (Å²) >= 11 is 0. The highest BCUT2D eigenvalue weighted by atomic mass is 31.2. The van der Waals surface area contributed by atoms with E-state index in [4.69, 9.17) is 24.3 Å². The molecule has 4 N–H and O–H groups in total. The number of nitrogens with zero attached hydrogens (tertiary/aromatic N) is 5. The van der Waals surface area contributed by atoms with Crippen LogP contribution in [0.25, 0.3) is 11.2 Å². The molecule has 1 saturated heterocycles. The molecule has 218 valence electrons. The van der Waals surface area contributed by atoms with Crippen LogP contribution >= 0.6 is 7.75 Å². The summed E-state index contributed by atoms with van der Waals surface area (Å²) in [4.78, 5) is 26.6. The first-order chi connectivity index (χ1) is 18.9. The number of nitrogen functional groups attached to an aromatic ring is 1. The molecule has 3 heterocycles. The van der Waals surface area contributed by atoms with Crippen LogP contribution < -0.4 is 20.2 Å². The Morgan fingerprint density at radius 2 is 1.98 bits per heavy atom. The number of nitrogens with one attached hydrogen (secondary N) is 1. The number of para-hydroxylation sites is 1. The third-order valence-electron chi connectivity index (χ3n) is 5.85. The van der Waals surface area contributed by atoms with Gasteiger partial charge in [-0.1, -0.05) is 18.2 Å². The van der Waals surface area contributed by atoms with Crippen LogP contribution in [0.4, 0.5) is 16.2 Å². The van der Waals surface area contributed by atoms with Gasteiger partial charge >= 0.3 is 13.7 Å². The van der Waals surface area contributed by atoms with E-state index in [0.717, 1.165) is 0 Å². The largest absolute Gasteiger partial charge is 0.462 e. The number of fused-ring (bicyclic) bond motifs is 1. The molecule has 2 aromatic heterocycles. The van der Waals surface area contributed by atoms with Crippen molar-refractivity contribution in [3.63, 3.8) is 0 Å². The van der Waals surface area contributed by atoms with Gasteiger partial charge in [-0.2, -0.15) is 15.1 Å². The van der Waals surface area contributed by atoms with E-state index in [0.29, 0.717) is 11.3 Å². The molecule has 0 amide bonds. The highest BCUT2D eigenvalue weighted by molar-refractivity contribution is 7.52. The summed E-state index contributed by atoms with van der Waals surface area (Å²) in [7, 11) is -0.773. The summed E-state index contributed by atoms with van der Waals surface area (Å²) in [6.45, 7) is 4.24. The van der Waals surface area contributed by atoms with Crippen molar-refractivity contribution in [1.82, 2.24) is 24.6 Å². The molecule has 1 unspecified atom stereocenters. The molecule has 16 heteroatoms. The smallest absolute Gasteiger partial charge is 0.459 e. The Balaban J connectivity index is 1.53. The van der Waals surface area contributed by atoms with Crippen LogP contribution in [0.1, 0.15) is 27.0 Å². The number of esters is 1. The number of carbonyl (C=O) groups excluding carboxylic acids is 1. The molecule has 1 fully saturated rings. The van der Waals surface area contributed by atoms with Gasteiger partial charge in [-0.15, -0.1) is 0 Å². The molecule has 0 radical (unpaired) electrons. The molecule has 0 aliphatic carbocycles. The number of alkyl halides is 1. The van der Waals surface area contributed by atoms with Gasteiger partial charge in [0, 0.05) is 14.1 Å². The summed E-state index contributed by atoms with van der Waals surface area (Å²) in [5.41, 5.74) is 6.41. The summed E-state index contributed by atoms with van der Waals surface area (Å²) in [5.74, 6) is -0.120. The maximum atomic E-state index is 15.3. The lowest BCUT2D eigenvalue weighted by Gasteiger charge is -2.25. The zero-order chi connectivity index (χ0) is 29.2. The number of anilines is 2. The maximum absolute atomic E-state index is 15.3. The molecule has 3 aromatic rings.